The monoisotopic (exact) mass is 572 g/mol. The van der Waals surface area contributed by atoms with Crippen molar-refractivity contribution in [2.45, 2.75) is 37.6 Å². The molecule has 1 aromatic heterocycles. The number of fused-ring (bicyclic) bond motifs is 2. The fourth-order valence-electron chi connectivity index (χ4n) is 5.14. The number of aromatic nitrogens is 2. The first-order valence-electron chi connectivity index (χ1n) is 12.4. The Bertz CT molecular complexity index is 1570. The Morgan fingerprint density at radius 2 is 1.90 bits per heavy atom. The zero-order chi connectivity index (χ0) is 29.7. The summed E-state index contributed by atoms with van der Waals surface area (Å²) >= 11 is 0. The van der Waals surface area contributed by atoms with Crippen molar-refractivity contribution in [3.05, 3.63) is 77.4 Å². The minimum atomic E-state index is -4.81. The highest BCUT2D eigenvalue weighted by atomic mass is 19.4. The Balaban J connectivity index is 1.44. The predicted molar refractivity (Wildman–Crippen MR) is 136 cm³/mol. The van der Waals surface area contributed by atoms with Gasteiger partial charge in [0.1, 0.15) is 18.4 Å². The van der Waals surface area contributed by atoms with Gasteiger partial charge in [0, 0.05) is 37.3 Å². The van der Waals surface area contributed by atoms with E-state index < -0.39 is 54.5 Å². The van der Waals surface area contributed by atoms with Crippen molar-refractivity contribution in [2.75, 3.05) is 6.54 Å². The van der Waals surface area contributed by atoms with Crippen LogP contribution in [0.4, 0.5) is 22.4 Å². The van der Waals surface area contributed by atoms with Crippen LogP contribution in [0.2, 0.25) is 0 Å². The molecule has 0 bridgehead atoms. The van der Waals surface area contributed by atoms with Crippen LogP contribution in [0, 0.1) is 5.82 Å². The topological polar surface area (TPSA) is 120 Å². The Kier molecular flexibility index (Phi) is 6.79. The van der Waals surface area contributed by atoms with Gasteiger partial charge in [0.15, 0.2) is 5.54 Å². The van der Waals surface area contributed by atoms with Crippen LogP contribution in [-0.4, -0.2) is 67.1 Å². The van der Waals surface area contributed by atoms with E-state index in [-0.39, 0.29) is 17.7 Å². The van der Waals surface area contributed by atoms with E-state index in [0.29, 0.717) is 26.5 Å². The number of halogens is 4. The standard InChI is InChI=1S/C27H24F4N6O4/c1-15(27(29,30)31)36(12-16-3-6-19(28)7-4-16)23(38)14-37-24(39)26(33-25(37)40)10-22(34-41)20-9-17(5-8-21(20)26)18-11-32-35(2)13-18/h3-9,11,13,15,41H,10,12,14H2,1-2H3,(H,33,40)/b34-22+/t15-,26-/m0/s1. The van der Waals surface area contributed by atoms with Crippen LogP contribution in [0.15, 0.2) is 60.0 Å². The van der Waals surface area contributed by atoms with Gasteiger partial charge in [0.25, 0.3) is 5.91 Å². The number of imide groups is 1. The Morgan fingerprint density at radius 3 is 2.51 bits per heavy atom. The van der Waals surface area contributed by atoms with Crippen molar-refractivity contribution >= 4 is 23.6 Å². The molecular formula is C27H24F4N6O4. The third kappa shape index (κ3) is 4.89. The molecule has 2 heterocycles. The number of nitrogens with zero attached hydrogens (tertiary/aromatic N) is 5. The molecule has 0 saturated carbocycles. The van der Waals surface area contributed by atoms with Crippen LogP contribution >= 0.6 is 0 Å². The lowest BCUT2D eigenvalue weighted by Crippen LogP contribution is -2.51. The van der Waals surface area contributed by atoms with Gasteiger partial charge in [-0.2, -0.15) is 18.3 Å². The summed E-state index contributed by atoms with van der Waals surface area (Å²) in [6, 6.07) is 6.31. The normalized spacial score (nSPS) is 20.0. The minimum Gasteiger partial charge on any atom is -0.411 e. The number of hydrogen-bond donors (Lipinski definition) is 2. The van der Waals surface area contributed by atoms with Crippen molar-refractivity contribution < 1.29 is 37.2 Å². The smallest absolute Gasteiger partial charge is 0.408 e. The maximum absolute atomic E-state index is 13.7. The number of hydrogen-bond acceptors (Lipinski definition) is 6. The molecule has 4 amide bonds. The molecule has 1 aliphatic carbocycles. The van der Waals surface area contributed by atoms with Crippen molar-refractivity contribution in [1.82, 2.24) is 24.9 Å². The first-order valence-corrected chi connectivity index (χ1v) is 12.4. The summed E-state index contributed by atoms with van der Waals surface area (Å²) in [6.45, 7) is -0.718. The van der Waals surface area contributed by atoms with E-state index in [4.69, 9.17) is 0 Å². The minimum absolute atomic E-state index is 0.108. The summed E-state index contributed by atoms with van der Waals surface area (Å²) in [5.74, 6) is -2.61. The number of aryl methyl sites for hydroxylation is 1. The Labute approximate surface area is 230 Å². The number of amides is 4. The number of oxime groups is 1. The number of urea groups is 1. The summed E-state index contributed by atoms with van der Waals surface area (Å²) in [6.07, 6.45) is -1.66. The average Bonchev–Trinajstić information content (AvgIpc) is 3.57. The van der Waals surface area contributed by atoms with Crippen LogP contribution in [-0.2, 0) is 28.7 Å². The van der Waals surface area contributed by atoms with Crippen molar-refractivity contribution in [3.8, 4) is 11.1 Å². The number of carbonyl (C=O) groups is 3. The molecule has 2 aliphatic rings. The number of rotatable bonds is 6. The Morgan fingerprint density at radius 1 is 1.20 bits per heavy atom. The predicted octanol–water partition coefficient (Wildman–Crippen LogP) is 3.53. The SMILES string of the molecule is C[C@H](N(Cc1ccc(F)cc1)C(=O)CN1C(=O)N[C@]2(C/C(=N\O)c3cc(-c4cnn(C)c4)ccc32)C1=O)C(F)(F)F. The lowest BCUT2D eigenvalue weighted by atomic mass is 9.90. The van der Waals surface area contributed by atoms with Gasteiger partial charge in [-0.3, -0.25) is 19.2 Å². The van der Waals surface area contributed by atoms with E-state index in [1.165, 1.54) is 12.1 Å². The third-order valence-electron chi connectivity index (χ3n) is 7.38. The molecule has 3 aromatic rings. The molecule has 14 heteroatoms. The highest BCUT2D eigenvalue weighted by Gasteiger charge is 2.58. The van der Waals surface area contributed by atoms with Gasteiger partial charge < -0.3 is 15.4 Å². The van der Waals surface area contributed by atoms with Crippen LogP contribution in [0.25, 0.3) is 11.1 Å². The van der Waals surface area contributed by atoms with Gasteiger partial charge in [-0.05, 0) is 41.8 Å². The molecule has 10 nitrogen and oxygen atoms in total. The van der Waals surface area contributed by atoms with Crippen molar-refractivity contribution in [1.29, 1.82) is 0 Å². The van der Waals surface area contributed by atoms with Crippen molar-refractivity contribution in [2.24, 2.45) is 12.2 Å². The van der Waals surface area contributed by atoms with E-state index >= 15 is 0 Å². The lowest BCUT2D eigenvalue weighted by Gasteiger charge is -2.32. The molecule has 1 fully saturated rings. The lowest BCUT2D eigenvalue weighted by molar-refractivity contribution is -0.187. The number of benzene rings is 2. The van der Waals surface area contributed by atoms with Crippen LogP contribution in [0.5, 0.6) is 0 Å². The van der Waals surface area contributed by atoms with E-state index in [1.807, 2.05) is 0 Å². The summed E-state index contributed by atoms with van der Waals surface area (Å²) in [5.41, 5.74) is 0.786. The maximum Gasteiger partial charge on any atom is 0.408 e. The second-order valence-corrected chi connectivity index (χ2v) is 9.98. The molecule has 1 saturated heterocycles. The summed E-state index contributed by atoms with van der Waals surface area (Å²) in [7, 11) is 1.74. The Hall–Kier alpha value is -4.75. The summed E-state index contributed by atoms with van der Waals surface area (Å²) < 4.78 is 56.0. The average molecular weight is 573 g/mol. The third-order valence-corrected chi connectivity index (χ3v) is 7.38. The summed E-state index contributed by atoms with van der Waals surface area (Å²) in [5, 5.41) is 19.7. The molecule has 2 atom stereocenters. The van der Waals surface area contributed by atoms with Crippen molar-refractivity contribution in [3.63, 3.8) is 0 Å². The highest BCUT2D eigenvalue weighted by molar-refractivity contribution is 6.18. The molecular weight excluding hydrogens is 548 g/mol. The maximum atomic E-state index is 13.7. The molecule has 1 aliphatic heterocycles. The van der Waals surface area contributed by atoms with Gasteiger partial charge in [-0.1, -0.05) is 29.4 Å². The number of carbonyl (C=O) groups excluding carboxylic acids is 3. The second-order valence-electron chi connectivity index (χ2n) is 9.98. The fraction of sp³-hybridized carbons (Fsp3) is 0.296. The van der Waals surface area contributed by atoms with Gasteiger partial charge in [-0.15, -0.1) is 0 Å². The number of alkyl halides is 3. The number of nitrogens with one attached hydrogen (secondary N) is 1. The largest absolute Gasteiger partial charge is 0.411 e. The first kappa shape index (κ1) is 27.8. The molecule has 0 radical (unpaired) electrons. The molecule has 1 spiro atoms. The van der Waals surface area contributed by atoms with E-state index in [2.05, 4.69) is 15.6 Å². The molecule has 2 N–H and O–H groups in total. The highest BCUT2D eigenvalue weighted by Crippen LogP contribution is 2.43. The zero-order valence-corrected chi connectivity index (χ0v) is 21.8. The molecule has 41 heavy (non-hydrogen) atoms. The van der Waals surface area contributed by atoms with Gasteiger partial charge >= 0.3 is 12.2 Å². The molecule has 2 aromatic carbocycles. The molecule has 0 unspecified atom stereocenters. The van der Waals surface area contributed by atoms with Gasteiger partial charge in [0.2, 0.25) is 5.91 Å². The van der Waals surface area contributed by atoms with E-state index in [9.17, 15) is 37.2 Å². The zero-order valence-electron chi connectivity index (χ0n) is 21.8. The van der Waals surface area contributed by atoms with E-state index in [0.717, 1.165) is 24.6 Å². The van der Waals surface area contributed by atoms with Crippen LogP contribution in [0.1, 0.15) is 30.0 Å². The van der Waals surface area contributed by atoms with E-state index in [1.54, 1.807) is 42.3 Å². The molecule has 5 rings (SSSR count). The fourth-order valence-corrected chi connectivity index (χ4v) is 5.14. The summed E-state index contributed by atoms with van der Waals surface area (Å²) in [4.78, 5) is 41.0. The molecule has 214 valence electrons. The first-order chi connectivity index (χ1) is 19.3. The van der Waals surface area contributed by atoms with Crippen LogP contribution in [0.3, 0.4) is 0 Å². The van der Waals surface area contributed by atoms with Gasteiger partial charge in [-0.25, -0.2) is 9.18 Å². The van der Waals surface area contributed by atoms with Crippen LogP contribution < -0.4 is 5.32 Å². The quantitative estimate of drug-likeness (QED) is 0.203. The second kappa shape index (κ2) is 10.0. The van der Waals surface area contributed by atoms with Gasteiger partial charge in [0.05, 0.1) is 11.9 Å².